The third-order valence-electron chi connectivity index (χ3n) is 4.37. The van der Waals surface area contributed by atoms with Gasteiger partial charge in [0.1, 0.15) is 11.0 Å². The zero-order valence-corrected chi connectivity index (χ0v) is 19.9. The van der Waals surface area contributed by atoms with Gasteiger partial charge in [0.05, 0.1) is 21.0 Å². The van der Waals surface area contributed by atoms with E-state index >= 15 is 0 Å². The van der Waals surface area contributed by atoms with Gasteiger partial charge in [-0.15, -0.1) is 5.10 Å². The van der Waals surface area contributed by atoms with E-state index in [1.54, 1.807) is 18.2 Å². The van der Waals surface area contributed by atoms with Gasteiger partial charge in [0.25, 0.3) is 5.91 Å². The van der Waals surface area contributed by atoms with Crippen LogP contribution in [-0.4, -0.2) is 42.1 Å². The molecule has 0 aromatic heterocycles. The van der Waals surface area contributed by atoms with Crippen LogP contribution in [-0.2, 0) is 11.0 Å². The zero-order chi connectivity index (χ0) is 24.5. The highest BCUT2D eigenvalue weighted by molar-refractivity contribution is 7.97. The van der Waals surface area contributed by atoms with E-state index in [4.69, 9.17) is 45.5 Å². The topological polar surface area (TPSA) is 239 Å². The fourth-order valence-electron chi connectivity index (χ4n) is 2.97. The Bertz CT molecular complexity index is 1070. The summed E-state index contributed by atoms with van der Waals surface area (Å²) in [6.07, 6.45) is 0. The summed E-state index contributed by atoms with van der Waals surface area (Å²) in [5.74, 6) is 4.84. The number of hydrogen-bond acceptors (Lipinski definition) is 10. The maximum absolute atomic E-state index is 12.8. The zero-order valence-electron chi connectivity index (χ0n) is 17.6. The third-order valence-corrected chi connectivity index (χ3v) is 6.58. The van der Waals surface area contributed by atoms with Gasteiger partial charge in [-0.2, -0.15) is 0 Å². The second-order valence-corrected chi connectivity index (χ2v) is 8.82. The number of hydrogen-bond donors (Lipinski definition) is 9. The number of anilines is 1. The number of carbonyl (C=O) groups is 1. The summed E-state index contributed by atoms with van der Waals surface area (Å²) in [6.45, 7) is 1.12. The molecule has 0 heterocycles. The lowest BCUT2D eigenvalue weighted by atomic mass is 9.95. The van der Waals surface area contributed by atoms with Crippen LogP contribution in [0.2, 0.25) is 5.02 Å². The summed E-state index contributed by atoms with van der Waals surface area (Å²) in [5.41, 5.74) is 27.1. The van der Waals surface area contributed by atoms with Crippen LogP contribution in [0.3, 0.4) is 0 Å². The van der Waals surface area contributed by atoms with Gasteiger partial charge in [-0.05, 0) is 35.7 Å². The van der Waals surface area contributed by atoms with Crippen molar-refractivity contribution in [1.82, 2.24) is 15.6 Å². The Morgan fingerprint density at radius 2 is 1.85 bits per heavy atom. The van der Waals surface area contributed by atoms with E-state index < -0.39 is 16.9 Å². The minimum Gasteiger partial charge on any atom is -0.398 e. The number of nitrogen functional groups attached to an aromatic ring is 1. The highest BCUT2D eigenvalue weighted by Crippen LogP contribution is 2.39. The van der Waals surface area contributed by atoms with E-state index in [1.807, 2.05) is 0 Å². The van der Waals surface area contributed by atoms with Crippen LogP contribution in [0.15, 0.2) is 39.2 Å². The molecule has 12 nitrogen and oxygen atoms in total. The van der Waals surface area contributed by atoms with Crippen molar-refractivity contribution in [2.75, 3.05) is 31.9 Å². The monoisotopic (exact) mass is 514 g/mol. The standard InChI is InChI=1S/C18H27ClN10O2S2/c19-9-7-11(15(22)12(8-9)18(30)26-5-3-20)10-1-2-13(33(31)27-6-4-21)16(32-25)14(10)17(23)28-29-24/h1-2,7-8,27,29H,3-6,20-22,24-25H2,(H2,23,28)(H,26,30). The SMILES string of the molecule is NCCNC(=O)c1cc(Cl)cc(-c2ccc(S(=O)NCCN)c(SN)c2/C(N)=N/NN)c1N. The van der Waals surface area contributed by atoms with Gasteiger partial charge in [-0.1, -0.05) is 17.7 Å². The van der Waals surface area contributed by atoms with E-state index in [-0.39, 0.29) is 41.7 Å². The predicted molar refractivity (Wildman–Crippen MR) is 134 cm³/mol. The summed E-state index contributed by atoms with van der Waals surface area (Å²) < 4.78 is 15.6. The van der Waals surface area contributed by atoms with Crippen LogP contribution in [0.4, 0.5) is 5.69 Å². The minimum absolute atomic E-state index is 0.0494. The first-order valence-electron chi connectivity index (χ1n) is 9.56. The summed E-state index contributed by atoms with van der Waals surface area (Å²) in [5, 5.41) is 12.7. The molecule has 0 aliphatic carbocycles. The van der Waals surface area contributed by atoms with Crippen molar-refractivity contribution < 1.29 is 9.00 Å². The van der Waals surface area contributed by atoms with Crippen molar-refractivity contribution in [1.29, 1.82) is 0 Å². The molecular formula is C18H27ClN10O2S2. The number of hydrazone groups is 1. The number of amidine groups is 1. The van der Waals surface area contributed by atoms with Crippen molar-refractivity contribution in [2.24, 2.45) is 33.3 Å². The number of nitrogens with two attached hydrogens (primary N) is 6. The first-order valence-corrected chi connectivity index (χ1v) is 12.0. The molecule has 0 spiro atoms. The maximum Gasteiger partial charge on any atom is 0.253 e. The minimum atomic E-state index is -1.64. The largest absolute Gasteiger partial charge is 0.398 e. The van der Waals surface area contributed by atoms with Crippen LogP contribution >= 0.6 is 23.5 Å². The molecule has 2 aromatic rings. The van der Waals surface area contributed by atoms with E-state index in [0.717, 1.165) is 11.9 Å². The Morgan fingerprint density at radius 3 is 2.45 bits per heavy atom. The third kappa shape index (κ3) is 6.33. The summed E-state index contributed by atoms with van der Waals surface area (Å²) in [6, 6.07) is 6.26. The lowest BCUT2D eigenvalue weighted by molar-refractivity contribution is 0.0955. The normalized spacial score (nSPS) is 12.5. The van der Waals surface area contributed by atoms with Gasteiger partial charge in [0.2, 0.25) is 0 Å². The van der Waals surface area contributed by atoms with Crippen molar-refractivity contribution >= 4 is 52.0 Å². The number of nitrogens with zero attached hydrogens (tertiary/aromatic N) is 1. The number of rotatable bonds is 11. The molecule has 0 fully saturated rings. The van der Waals surface area contributed by atoms with Crippen LogP contribution < -0.4 is 49.5 Å². The molecule has 0 saturated heterocycles. The van der Waals surface area contributed by atoms with E-state index in [2.05, 4.69) is 20.7 Å². The van der Waals surface area contributed by atoms with Gasteiger partial charge in [-0.25, -0.2) is 20.3 Å². The maximum atomic E-state index is 12.8. The van der Waals surface area contributed by atoms with Crippen molar-refractivity contribution in [2.45, 2.75) is 9.79 Å². The second-order valence-electron chi connectivity index (χ2n) is 6.47. The number of hydrazine groups is 1. The molecule has 15 N–H and O–H groups in total. The van der Waals surface area contributed by atoms with Gasteiger partial charge in [0, 0.05) is 42.3 Å². The highest BCUT2D eigenvalue weighted by atomic mass is 35.5. The molecule has 0 saturated carbocycles. The molecule has 0 aliphatic heterocycles. The quantitative estimate of drug-likeness (QED) is 0.0437. The molecule has 180 valence electrons. The molecule has 15 heteroatoms. The highest BCUT2D eigenvalue weighted by Gasteiger charge is 2.24. The number of halogens is 1. The summed E-state index contributed by atoms with van der Waals surface area (Å²) in [4.78, 5) is 13.3. The smallest absolute Gasteiger partial charge is 0.253 e. The number of amides is 1. The Labute approximate surface area is 202 Å². The second kappa shape index (κ2) is 12.7. The number of nitrogens with one attached hydrogen (secondary N) is 3. The van der Waals surface area contributed by atoms with Crippen molar-refractivity contribution in [3.8, 4) is 11.1 Å². The van der Waals surface area contributed by atoms with Crippen molar-refractivity contribution in [3.63, 3.8) is 0 Å². The average molecular weight is 515 g/mol. The number of benzene rings is 2. The molecule has 2 aromatic carbocycles. The lowest BCUT2D eigenvalue weighted by Gasteiger charge is -2.19. The fraction of sp³-hybridized carbons (Fsp3) is 0.222. The Kier molecular flexibility index (Phi) is 10.3. The summed E-state index contributed by atoms with van der Waals surface area (Å²) >= 11 is 7.12. The molecule has 2 rings (SSSR count). The summed E-state index contributed by atoms with van der Waals surface area (Å²) in [7, 11) is -1.64. The van der Waals surface area contributed by atoms with E-state index in [0.29, 0.717) is 33.0 Å². The Morgan fingerprint density at radius 1 is 1.15 bits per heavy atom. The first kappa shape index (κ1) is 26.8. The van der Waals surface area contributed by atoms with Gasteiger partial charge >= 0.3 is 0 Å². The molecule has 0 radical (unpaired) electrons. The van der Waals surface area contributed by atoms with Gasteiger partial charge in [0.15, 0.2) is 5.84 Å². The van der Waals surface area contributed by atoms with Gasteiger partial charge < -0.3 is 28.3 Å². The molecular weight excluding hydrogens is 488 g/mol. The van der Waals surface area contributed by atoms with Gasteiger partial charge in [-0.3, -0.25) is 9.93 Å². The van der Waals surface area contributed by atoms with E-state index in [1.165, 1.54) is 6.07 Å². The first-order chi connectivity index (χ1) is 15.8. The molecule has 1 amide bonds. The lowest BCUT2D eigenvalue weighted by Crippen LogP contribution is -2.29. The molecule has 0 aliphatic rings. The van der Waals surface area contributed by atoms with E-state index in [9.17, 15) is 9.00 Å². The van der Waals surface area contributed by atoms with Crippen LogP contribution in [0.25, 0.3) is 11.1 Å². The molecule has 0 bridgehead atoms. The average Bonchev–Trinajstić information content (AvgIpc) is 2.81. The Balaban J connectivity index is 2.79. The Hall–Kier alpha value is -2.43. The predicted octanol–water partition coefficient (Wildman–Crippen LogP) is -1.10. The van der Waals surface area contributed by atoms with Crippen LogP contribution in [0.5, 0.6) is 0 Å². The number of carbonyl (C=O) groups excluding carboxylic acids is 1. The molecule has 33 heavy (non-hydrogen) atoms. The molecule has 1 unspecified atom stereocenters. The van der Waals surface area contributed by atoms with Crippen LogP contribution in [0, 0.1) is 0 Å². The van der Waals surface area contributed by atoms with Crippen LogP contribution in [0.1, 0.15) is 15.9 Å². The van der Waals surface area contributed by atoms with Crippen molar-refractivity contribution in [3.05, 3.63) is 40.4 Å². The fourth-order valence-corrected chi connectivity index (χ4v) is 5.00. The molecule has 1 atom stereocenters.